The second-order valence-corrected chi connectivity index (χ2v) is 4.99. The molecule has 2 rings (SSSR count). The van der Waals surface area contributed by atoms with Crippen molar-refractivity contribution in [3.63, 3.8) is 0 Å². The topological polar surface area (TPSA) is 28.7 Å². The summed E-state index contributed by atoms with van der Waals surface area (Å²) in [6.45, 7) is 7.99. The Bertz CT molecular complexity index is 506. The lowest BCUT2D eigenvalue weighted by Crippen LogP contribution is -2.12. The minimum atomic E-state index is -0.191. The quantitative estimate of drug-likeness (QED) is 0.703. The number of nitrogens with one attached hydrogen (secondary N) is 1. The fraction of sp³-hybridized carbons (Fsp3) is 0.417. The molecule has 1 N–H and O–H groups in total. The van der Waals surface area contributed by atoms with Crippen molar-refractivity contribution in [2.75, 3.05) is 0 Å². The monoisotopic (exact) mass is 206 g/mol. The largest absolute Gasteiger partial charge is 0.281 e. The Balaban J connectivity index is 2.81. The van der Waals surface area contributed by atoms with E-state index in [1.54, 1.807) is 6.07 Å². The molecule has 0 amide bonds. The summed E-state index contributed by atoms with van der Waals surface area (Å²) in [4.78, 5) is 0. The van der Waals surface area contributed by atoms with E-state index in [0.29, 0.717) is 10.9 Å². The Morgan fingerprint density at radius 2 is 1.93 bits per heavy atom. The van der Waals surface area contributed by atoms with Crippen LogP contribution >= 0.6 is 0 Å². The first-order chi connectivity index (χ1) is 6.89. The molecule has 0 fully saturated rings. The van der Waals surface area contributed by atoms with Gasteiger partial charge in [-0.3, -0.25) is 5.10 Å². The molecule has 0 unspecified atom stereocenters. The van der Waals surface area contributed by atoms with Crippen LogP contribution in [-0.4, -0.2) is 10.2 Å². The molecule has 2 aromatic rings. The minimum absolute atomic E-state index is 0.120. The van der Waals surface area contributed by atoms with Gasteiger partial charge < -0.3 is 0 Å². The first kappa shape index (κ1) is 10.1. The highest BCUT2D eigenvalue weighted by Gasteiger charge is 2.21. The zero-order chi connectivity index (χ0) is 11.2. The molecule has 15 heavy (non-hydrogen) atoms. The van der Waals surface area contributed by atoms with E-state index < -0.39 is 0 Å². The van der Waals surface area contributed by atoms with Gasteiger partial charge in [-0.15, -0.1) is 0 Å². The number of aromatic amines is 1. The van der Waals surface area contributed by atoms with Crippen LogP contribution in [0.2, 0.25) is 0 Å². The smallest absolute Gasteiger partial charge is 0.134 e. The number of aryl methyl sites for hydroxylation is 1. The van der Waals surface area contributed by atoms with Crippen LogP contribution in [0.5, 0.6) is 0 Å². The predicted octanol–water partition coefficient (Wildman–Crippen LogP) is 3.31. The van der Waals surface area contributed by atoms with Crippen molar-refractivity contribution in [2.45, 2.75) is 33.1 Å². The highest BCUT2D eigenvalue weighted by Crippen LogP contribution is 2.30. The van der Waals surface area contributed by atoms with Gasteiger partial charge in [-0.2, -0.15) is 5.10 Å². The molecule has 0 aliphatic carbocycles. The van der Waals surface area contributed by atoms with Crippen LogP contribution in [0.1, 0.15) is 32.0 Å². The predicted molar refractivity (Wildman–Crippen MR) is 59.5 cm³/mol. The second-order valence-electron chi connectivity index (χ2n) is 4.99. The van der Waals surface area contributed by atoms with E-state index in [1.807, 2.05) is 33.8 Å². The van der Waals surface area contributed by atoms with Gasteiger partial charge in [0.2, 0.25) is 0 Å². The fourth-order valence-electron chi connectivity index (χ4n) is 1.77. The molecule has 0 spiro atoms. The van der Waals surface area contributed by atoms with Crippen molar-refractivity contribution in [1.29, 1.82) is 0 Å². The number of halogens is 1. The van der Waals surface area contributed by atoms with Crippen molar-refractivity contribution in [1.82, 2.24) is 10.2 Å². The molecule has 0 aliphatic rings. The lowest BCUT2D eigenvalue weighted by atomic mass is 9.89. The highest BCUT2D eigenvalue weighted by molar-refractivity contribution is 5.83. The van der Waals surface area contributed by atoms with Crippen molar-refractivity contribution in [3.8, 4) is 0 Å². The van der Waals surface area contributed by atoms with Crippen molar-refractivity contribution < 1.29 is 4.39 Å². The average molecular weight is 206 g/mol. The third kappa shape index (κ3) is 1.62. The van der Waals surface area contributed by atoms with E-state index in [0.717, 1.165) is 11.3 Å². The fourth-order valence-corrected chi connectivity index (χ4v) is 1.77. The van der Waals surface area contributed by atoms with E-state index in [9.17, 15) is 4.39 Å². The summed E-state index contributed by atoms with van der Waals surface area (Å²) in [5.74, 6) is -0.191. The van der Waals surface area contributed by atoms with Crippen LogP contribution < -0.4 is 0 Å². The van der Waals surface area contributed by atoms with Crippen LogP contribution in [0.25, 0.3) is 10.9 Å². The van der Waals surface area contributed by atoms with Crippen molar-refractivity contribution in [3.05, 3.63) is 29.2 Å². The number of H-pyrrole nitrogens is 1. The van der Waals surface area contributed by atoms with Gasteiger partial charge in [0.25, 0.3) is 0 Å². The summed E-state index contributed by atoms with van der Waals surface area (Å²) in [6.07, 6.45) is 0. The Labute approximate surface area is 88.5 Å². The number of hydrogen-bond acceptors (Lipinski definition) is 1. The molecule has 0 aliphatic heterocycles. The Hall–Kier alpha value is -1.38. The number of aromatic nitrogens is 2. The van der Waals surface area contributed by atoms with E-state index in [4.69, 9.17) is 0 Å². The first-order valence-electron chi connectivity index (χ1n) is 5.04. The van der Waals surface area contributed by atoms with Gasteiger partial charge >= 0.3 is 0 Å². The van der Waals surface area contributed by atoms with E-state index in [1.165, 1.54) is 0 Å². The molecular formula is C12H15FN2. The Morgan fingerprint density at radius 3 is 2.53 bits per heavy atom. The summed E-state index contributed by atoms with van der Waals surface area (Å²) in [5, 5.41) is 7.69. The van der Waals surface area contributed by atoms with Gasteiger partial charge in [-0.05, 0) is 24.6 Å². The maximum atomic E-state index is 13.8. The Morgan fingerprint density at radius 1 is 1.27 bits per heavy atom. The number of rotatable bonds is 0. The summed E-state index contributed by atoms with van der Waals surface area (Å²) in [5.41, 5.74) is 2.34. The SMILES string of the molecule is Cc1cc(F)c2c(C(C)(C)C)[nH]nc2c1. The third-order valence-electron chi connectivity index (χ3n) is 2.50. The number of fused-ring (bicyclic) bond motifs is 1. The molecule has 0 saturated heterocycles. The summed E-state index contributed by atoms with van der Waals surface area (Å²) in [6, 6.07) is 3.44. The standard InChI is InChI=1S/C12H15FN2/c1-7-5-8(13)10-9(6-7)14-15-11(10)12(2,3)4/h5-6H,1-4H3,(H,14,15). The molecule has 1 heterocycles. The third-order valence-corrected chi connectivity index (χ3v) is 2.50. The van der Waals surface area contributed by atoms with Crippen molar-refractivity contribution in [2.24, 2.45) is 0 Å². The second kappa shape index (κ2) is 3.05. The molecular weight excluding hydrogens is 191 g/mol. The normalized spacial score (nSPS) is 12.3. The van der Waals surface area contributed by atoms with Gasteiger partial charge in [-0.1, -0.05) is 20.8 Å². The summed E-state index contributed by atoms with van der Waals surface area (Å²) in [7, 11) is 0. The zero-order valence-corrected chi connectivity index (χ0v) is 9.48. The average Bonchev–Trinajstić information content (AvgIpc) is 2.45. The molecule has 3 heteroatoms. The lowest BCUT2D eigenvalue weighted by Gasteiger charge is -2.16. The van der Waals surface area contributed by atoms with Gasteiger partial charge in [0.05, 0.1) is 16.6 Å². The molecule has 0 atom stereocenters. The number of hydrogen-bond donors (Lipinski definition) is 1. The van der Waals surface area contributed by atoms with Crippen LogP contribution in [-0.2, 0) is 5.41 Å². The first-order valence-corrected chi connectivity index (χ1v) is 5.04. The van der Waals surface area contributed by atoms with Crippen LogP contribution in [0.3, 0.4) is 0 Å². The lowest BCUT2D eigenvalue weighted by molar-refractivity contribution is 0.565. The molecule has 1 aromatic carbocycles. The maximum absolute atomic E-state index is 13.8. The van der Waals surface area contributed by atoms with Crippen LogP contribution in [0.15, 0.2) is 12.1 Å². The summed E-state index contributed by atoms with van der Waals surface area (Å²) < 4.78 is 13.8. The number of benzene rings is 1. The summed E-state index contributed by atoms with van der Waals surface area (Å²) >= 11 is 0. The molecule has 0 radical (unpaired) electrons. The van der Waals surface area contributed by atoms with E-state index in [-0.39, 0.29) is 11.2 Å². The number of nitrogens with zero attached hydrogens (tertiary/aromatic N) is 1. The molecule has 0 saturated carbocycles. The molecule has 0 bridgehead atoms. The van der Waals surface area contributed by atoms with E-state index >= 15 is 0 Å². The molecule has 80 valence electrons. The molecule has 1 aromatic heterocycles. The van der Waals surface area contributed by atoms with Crippen molar-refractivity contribution >= 4 is 10.9 Å². The van der Waals surface area contributed by atoms with Crippen LogP contribution in [0, 0.1) is 12.7 Å². The van der Waals surface area contributed by atoms with Gasteiger partial charge in [0.15, 0.2) is 0 Å². The van der Waals surface area contributed by atoms with E-state index in [2.05, 4.69) is 10.2 Å². The molecule has 2 nitrogen and oxygen atoms in total. The zero-order valence-electron chi connectivity index (χ0n) is 9.48. The van der Waals surface area contributed by atoms with Crippen LogP contribution in [0.4, 0.5) is 4.39 Å². The highest BCUT2D eigenvalue weighted by atomic mass is 19.1. The minimum Gasteiger partial charge on any atom is -0.281 e. The van der Waals surface area contributed by atoms with Gasteiger partial charge in [0.1, 0.15) is 5.82 Å². The Kier molecular flexibility index (Phi) is 2.07. The maximum Gasteiger partial charge on any atom is 0.134 e. The van der Waals surface area contributed by atoms with Gasteiger partial charge in [0, 0.05) is 5.41 Å². The van der Waals surface area contributed by atoms with Gasteiger partial charge in [-0.25, -0.2) is 4.39 Å².